The molecule has 2 rings (SSSR count). The second-order valence-electron chi connectivity index (χ2n) is 6.55. The number of anilines is 1. The topological polar surface area (TPSA) is 87.3 Å². The number of carbonyl (C=O) groups excluding carboxylic acids is 3. The lowest BCUT2D eigenvalue weighted by molar-refractivity contribution is -0.136. The van der Waals surface area contributed by atoms with Gasteiger partial charge < -0.3 is 16.0 Å². The van der Waals surface area contributed by atoms with Gasteiger partial charge in [0.25, 0.3) is 5.91 Å². The van der Waals surface area contributed by atoms with Gasteiger partial charge in [0.1, 0.15) is 0 Å². The number of nitrogens with one attached hydrogen (secondary N) is 3. The summed E-state index contributed by atoms with van der Waals surface area (Å²) in [6.45, 7) is 4.37. The summed E-state index contributed by atoms with van der Waals surface area (Å²) >= 11 is 0. The Morgan fingerprint density at radius 1 is 1.04 bits per heavy atom. The standard InChI is InChI=1S/C20H27N3O3/c1-2-13-21-18(24)16-10-6-7-11-17(16)23-20(26)19(25)22-14-12-15-8-4-3-5-9-15/h2,6-7,10-11,15H,1,3-5,8-9,12-14H2,(H,21,24)(H,22,25)(H,23,26). The fourth-order valence-electron chi connectivity index (χ4n) is 3.18. The largest absolute Gasteiger partial charge is 0.349 e. The van der Waals surface area contributed by atoms with Crippen molar-refractivity contribution in [2.75, 3.05) is 18.4 Å². The fraction of sp³-hybridized carbons (Fsp3) is 0.450. The highest BCUT2D eigenvalue weighted by Gasteiger charge is 2.18. The molecule has 0 aromatic heterocycles. The van der Waals surface area contributed by atoms with Crippen molar-refractivity contribution in [3.05, 3.63) is 42.5 Å². The van der Waals surface area contributed by atoms with Crippen LogP contribution in [0.5, 0.6) is 0 Å². The molecule has 3 amide bonds. The van der Waals surface area contributed by atoms with Crippen LogP contribution in [0.25, 0.3) is 0 Å². The van der Waals surface area contributed by atoms with Crippen LogP contribution in [0.15, 0.2) is 36.9 Å². The van der Waals surface area contributed by atoms with E-state index in [1.54, 1.807) is 30.3 Å². The van der Waals surface area contributed by atoms with Gasteiger partial charge in [-0.3, -0.25) is 14.4 Å². The molecular formula is C20H27N3O3. The quantitative estimate of drug-likeness (QED) is 0.518. The summed E-state index contributed by atoms with van der Waals surface area (Å²) in [7, 11) is 0. The van der Waals surface area contributed by atoms with Crippen LogP contribution in [-0.4, -0.2) is 30.8 Å². The first-order chi connectivity index (χ1) is 12.6. The molecule has 1 saturated carbocycles. The van der Waals surface area contributed by atoms with Crippen LogP contribution >= 0.6 is 0 Å². The van der Waals surface area contributed by atoms with Crippen LogP contribution in [0.1, 0.15) is 48.9 Å². The Kier molecular flexibility index (Phi) is 7.86. The van der Waals surface area contributed by atoms with Gasteiger partial charge in [0.2, 0.25) is 0 Å². The van der Waals surface area contributed by atoms with Crippen LogP contribution in [0.2, 0.25) is 0 Å². The molecule has 1 aliphatic carbocycles. The predicted octanol–water partition coefficient (Wildman–Crippen LogP) is 2.63. The van der Waals surface area contributed by atoms with E-state index < -0.39 is 11.8 Å². The summed E-state index contributed by atoms with van der Waals surface area (Å²) in [6.07, 6.45) is 8.68. The van der Waals surface area contributed by atoms with E-state index in [4.69, 9.17) is 0 Å². The lowest BCUT2D eigenvalue weighted by atomic mass is 9.87. The van der Waals surface area contributed by atoms with E-state index in [9.17, 15) is 14.4 Å². The van der Waals surface area contributed by atoms with Crippen LogP contribution in [0.4, 0.5) is 5.69 Å². The number of hydrogen-bond donors (Lipinski definition) is 3. The Hall–Kier alpha value is -2.63. The molecule has 0 aliphatic heterocycles. The van der Waals surface area contributed by atoms with Gasteiger partial charge in [-0.15, -0.1) is 6.58 Å². The summed E-state index contributed by atoms with van der Waals surface area (Å²) in [4.78, 5) is 36.2. The highest BCUT2D eigenvalue weighted by atomic mass is 16.2. The molecule has 0 bridgehead atoms. The molecule has 3 N–H and O–H groups in total. The van der Waals surface area contributed by atoms with E-state index in [0.717, 1.165) is 6.42 Å². The highest BCUT2D eigenvalue weighted by molar-refractivity contribution is 6.40. The van der Waals surface area contributed by atoms with Gasteiger partial charge in [0.15, 0.2) is 0 Å². The van der Waals surface area contributed by atoms with Crippen molar-refractivity contribution in [2.45, 2.75) is 38.5 Å². The second kappa shape index (κ2) is 10.4. The number of benzene rings is 1. The third kappa shape index (κ3) is 6.02. The van der Waals surface area contributed by atoms with Crippen LogP contribution in [0, 0.1) is 5.92 Å². The molecule has 0 spiro atoms. The van der Waals surface area contributed by atoms with E-state index in [-0.39, 0.29) is 5.91 Å². The number of hydrogen-bond acceptors (Lipinski definition) is 3. The zero-order valence-corrected chi connectivity index (χ0v) is 15.1. The monoisotopic (exact) mass is 357 g/mol. The van der Waals surface area contributed by atoms with Crippen molar-refractivity contribution in [3.8, 4) is 0 Å². The van der Waals surface area contributed by atoms with Crippen LogP contribution < -0.4 is 16.0 Å². The predicted molar refractivity (Wildman–Crippen MR) is 102 cm³/mol. The smallest absolute Gasteiger partial charge is 0.313 e. The Labute approximate surface area is 154 Å². The van der Waals surface area contributed by atoms with Crippen molar-refractivity contribution >= 4 is 23.4 Å². The van der Waals surface area contributed by atoms with Gasteiger partial charge in [0.05, 0.1) is 11.3 Å². The lowest BCUT2D eigenvalue weighted by Crippen LogP contribution is -2.37. The molecule has 0 atom stereocenters. The summed E-state index contributed by atoms with van der Waals surface area (Å²) in [5.74, 6) is -1.14. The average molecular weight is 357 g/mol. The van der Waals surface area contributed by atoms with Crippen molar-refractivity contribution < 1.29 is 14.4 Å². The van der Waals surface area contributed by atoms with Crippen molar-refractivity contribution in [2.24, 2.45) is 5.92 Å². The second-order valence-corrected chi connectivity index (χ2v) is 6.55. The van der Waals surface area contributed by atoms with E-state index in [1.807, 2.05) is 0 Å². The van der Waals surface area contributed by atoms with Gasteiger partial charge >= 0.3 is 11.8 Å². The van der Waals surface area contributed by atoms with E-state index >= 15 is 0 Å². The molecule has 1 aromatic rings. The molecule has 0 heterocycles. The summed E-state index contributed by atoms with van der Waals surface area (Å²) in [6, 6.07) is 6.58. The van der Waals surface area contributed by atoms with E-state index in [2.05, 4.69) is 22.5 Å². The van der Waals surface area contributed by atoms with Crippen LogP contribution in [0.3, 0.4) is 0 Å². The Bertz CT molecular complexity index is 651. The van der Waals surface area contributed by atoms with Gasteiger partial charge in [-0.1, -0.05) is 50.3 Å². The number of para-hydroxylation sites is 1. The van der Waals surface area contributed by atoms with E-state index in [1.165, 1.54) is 32.1 Å². The minimum absolute atomic E-state index is 0.303. The Balaban J connectivity index is 1.85. The summed E-state index contributed by atoms with van der Waals surface area (Å²) in [5.41, 5.74) is 0.610. The highest BCUT2D eigenvalue weighted by Crippen LogP contribution is 2.25. The van der Waals surface area contributed by atoms with Gasteiger partial charge in [-0.2, -0.15) is 0 Å². The minimum Gasteiger partial charge on any atom is -0.349 e. The Morgan fingerprint density at radius 2 is 1.77 bits per heavy atom. The van der Waals surface area contributed by atoms with Crippen LogP contribution in [-0.2, 0) is 9.59 Å². The molecule has 1 aliphatic rings. The zero-order chi connectivity index (χ0) is 18.8. The maximum Gasteiger partial charge on any atom is 0.313 e. The third-order valence-corrected chi connectivity index (χ3v) is 4.60. The minimum atomic E-state index is -0.766. The fourth-order valence-corrected chi connectivity index (χ4v) is 3.18. The van der Waals surface area contributed by atoms with Crippen molar-refractivity contribution in [3.63, 3.8) is 0 Å². The lowest BCUT2D eigenvalue weighted by Gasteiger charge is -2.21. The van der Waals surface area contributed by atoms with Gasteiger partial charge in [-0.05, 0) is 24.5 Å². The first-order valence-corrected chi connectivity index (χ1v) is 9.19. The Morgan fingerprint density at radius 3 is 2.50 bits per heavy atom. The molecule has 140 valence electrons. The molecular weight excluding hydrogens is 330 g/mol. The summed E-state index contributed by atoms with van der Waals surface area (Å²) in [5, 5.41) is 7.84. The molecule has 6 nitrogen and oxygen atoms in total. The maximum absolute atomic E-state index is 12.1. The third-order valence-electron chi connectivity index (χ3n) is 4.60. The first kappa shape index (κ1) is 19.7. The van der Waals surface area contributed by atoms with Gasteiger partial charge in [0, 0.05) is 13.1 Å². The SMILES string of the molecule is C=CCNC(=O)c1ccccc1NC(=O)C(=O)NCCC1CCCCC1. The summed E-state index contributed by atoms with van der Waals surface area (Å²) < 4.78 is 0. The van der Waals surface area contributed by atoms with Crippen molar-refractivity contribution in [1.82, 2.24) is 10.6 Å². The van der Waals surface area contributed by atoms with Gasteiger partial charge in [-0.25, -0.2) is 0 Å². The number of rotatable bonds is 7. The molecule has 1 aromatic carbocycles. The molecule has 1 fully saturated rings. The van der Waals surface area contributed by atoms with E-state index in [0.29, 0.717) is 30.3 Å². The zero-order valence-electron chi connectivity index (χ0n) is 15.1. The molecule has 26 heavy (non-hydrogen) atoms. The average Bonchev–Trinajstić information content (AvgIpc) is 2.67. The maximum atomic E-state index is 12.1. The molecule has 6 heteroatoms. The molecule has 0 radical (unpaired) electrons. The number of amides is 3. The molecule has 0 unspecified atom stereocenters. The van der Waals surface area contributed by atoms with Crippen molar-refractivity contribution in [1.29, 1.82) is 0 Å². The normalized spacial score (nSPS) is 14.3. The molecule has 0 saturated heterocycles. The first-order valence-electron chi connectivity index (χ1n) is 9.19. The number of carbonyl (C=O) groups is 3.